The van der Waals surface area contributed by atoms with Crippen LogP contribution in [0.3, 0.4) is 0 Å². The molecule has 0 unspecified atom stereocenters. The van der Waals surface area contributed by atoms with Gasteiger partial charge >= 0.3 is 11.9 Å². The van der Waals surface area contributed by atoms with Crippen molar-refractivity contribution in [2.24, 2.45) is 0 Å². The Balaban J connectivity index is 1.40. The molecular weight excluding hydrogens is 500 g/mol. The summed E-state index contributed by atoms with van der Waals surface area (Å²) >= 11 is 0. The molecule has 0 radical (unpaired) electrons. The van der Waals surface area contributed by atoms with Crippen LogP contribution in [0.15, 0.2) is 66.7 Å². The van der Waals surface area contributed by atoms with Crippen LogP contribution in [0, 0.1) is 6.92 Å². The fourth-order valence-corrected chi connectivity index (χ4v) is 3.60. The van der Waals surface area contributed by atoms with Gasteiger partial charge in [0.05, 0.1) is 19.1 Å². The Kier molecular flexibility index (Phi) is 10.2. The molecule has 3 aromatic carbocycles. The van der Waals surface area contributed by atoms with Crippen LogP contribution in [-0.2, 0) is 23.9 Å². The maximum atomic E-state index is 12.3. The van der Waals surface area contributed by atoms with Crippen molar-refractivity contribution in [3.63, 3.8) is 0 Å². The van der Waals surface area contributed by atoms with Crippen LogP contribution >= 0.6 is 0 Å². The largest absolute Gasteiger partial charge is 0.465 e. The molecule has 2 amide bonds. The van der Waals surface area contributed by atoms with Crippen LogP contribution in [-0.4, -0.2) is 37.5 Å². The number of methoxy groups -OCH3 is 1. The molecule has 3 rings (SSSR count). The molecular formula is C30H32N2O7. The summed E-state index contributed by atoms with van der Waals surface area (Å²) in [6, 6.07) is 19.1. The van der Waals surface area contributed by atoms with E-state index >= 15 is 0 Å². The van der Waals surface area contributed by atoms with Crippen molar-refractivity contribution in [3.8, 4) is 11.5 Å². The van der Waals surface area contributed by atoms with E-state index in [4.69, 9.17) is 9.47 Å². The van der Waals surface area contributed by atoms with Gasteiger partial charge in [-0.05, 0) is 78.6 Å². The molecule has 0 bridgehead atoms. The molecule has 0 saturated heterocycles. The van der Waals surface area contributed by atoms with Gasteiger partial charge in [0.2, 0.25) is 5.91 Å². The van der Waals surface area contributed by atoms with Crippen molar-refractivity contribution >= 4 is 35.1 Å². The molecule has 2 N–H and O–H groups in total. The first-order valence-corrected chi connectivity index (χ1v) is 12.5. The lowest BCUT2D eigenvalue weighted by Gasteiger charge is -2.15. The smallest absolute Gasteiger partial charge is 0.337 e. The van der Waals surface area contributed by atoms with Crippen LogP contribution in [0.1, 0.15) is 54.1 Å². The van der Waals surface area contributed by atoms with Gasteiger partial charge in [-0.15, -0.1) is 0 Å². The standard InChI is InChI=1S/C30H32N2O7/c1-19(2)25-14-5-20(3)17-26(25)39-24-12-10-23(11-13-24)31-27(33)15-16-29(35)38-18-28(34)32-22-8-6-21(7-9-22)30(36)37-4/h5-14,17,19H,15-16,18H2,1-4H3,(H,31,33)(H,32,34). The molecule has 9 heteroatoms. The van der Waals surface area contributed by atoms with Crippen molar-refractivity contribution < 1.29 is 33.4 Å². The summed E-state index contributed by atoms with van der Waals surface area (Å²) in [6.45, 7) is 5.72. The number of anilines is 2. The lowest BCUT2D eigenvalue weighted by molar-refractivity contribution is -0.147. The second kappa shape index (κ2) is 13.8. The van der Waals surface area contributed by atoms with Gasteiger partial charge in [0.1, 0.15) is 11.5 Å². The van der Waals surface area contributed by atoms with Crippen LogP contribution < -0.4 is 15.4 Å². The number of carbonyl (C=O) groups excluding carboxylic acids is 4. The van der Waals surface area contributed by atoms with E-state index in [0.29, 0.717) is 28.6 Å². The molecule has 0 aromatic heterocycles. The van der Waals surface area contributed by atoms with Crippen molar-refractivity contribution in [1.29, 1.82) is 0 Å². The highest BCUT2D eigenvalue weighted by Crippen LogP contribution is 2.32. The highest BCUT2D eigenvalue weighted by Gasteiger charge is 2.13. The van der Waals surface area contributed by atoms with E-state index in [0.717, 1.165) is 16.9 Å². The first kappa shape index (κ1) is 28.9. The number of hydrogen-bond acceptors (Lipinski definition) is 7. The van der Waals surface area contributed by atoms with Crippen LogP contribution in [0.2, 0.25) is 0 Å². The molecule has 0 spiro atoms. The van der Waals surface area contributed by atoms with Gasteiger partial charge in [0.15, 0.2) is 6.61 Å². The number of hydrogen-bond donors (Lipinski definition) is 2. The van der Waals surface area contributed by atoms with Gasteiger partial charge in [-0.2, -0.15) is 0 Å². The molecule has 0 fully saturated rings. The van der Waals surface area contributed by atoms with E-state index in [1.165, 1.54) is 31.4 Å². The molecule has 0 saturated carbocycles. The molecule has 3 aromatic rings. The van der Waals surface area contributed by atoms with Crippen molar-refractivity contribution in [3.05, 3.63) is 83.4 Å². The predicted octanol–water partition coefficient (Wildman–Crippen LogP) is 5.60. The zero-order valence-corrected chi connectivity index (χ0v) is 22.4. The lowest BCUT2D eigenvalue weighted by Crippen LogP contribution is -2.21. The molecule has 39 heavy (non-hydrogen) atoms. The molecule has 0 aliphatic heterocycles. The quantitative estimate of drug-likeness (QED) is 0.309. The molecule has 0 aliphatic rings. The number of amides is 2. The number of esters is 2. The van der Waals surface area contributed by atoms with E-state index in [1.807, 2.05) is 13.0 Å². The minimum atomic E-state index is -0.677. The Morgan fingerprint density at radius 1 is 0.795 bits per heavy atom. The van der Waals surface area contributed by atoms with Gasteiger partial charge in [-0.3, -0.25) is 14.4 Å². The van der Waals surface area contributed by atoms with Crippen LogP contribution in [0.5, 0.6) is 11.5 Å². The maximum Gasteiger partial charge on any atom is 0.337 e. The summed E-state index contributed by atoms with van der Waals surface area (Å²) in [5.74, 6) is -0.331. The van der Waals surface area contributed by atoms with Crippen LogP contribution in [0.25, 0.3) is 0 Å². The van der Waals surface area contributed by atoms with Crippen LogP contribution in [0.4, 0.5) is 11.4 Å². The molecule has 204 valence electrons. The first-order chi connectivity index (χ1) is 18.6. The summed E-state index contributed by atoms with van der Waals surface area (Å²) in [6.07, 6.45) is -0.284. The average molecular weight is 533 g/mol. The minimum Gasteiger partial charge on any atom is -0.465 e. The summed E-state index contributed by atoms with van der Waals surface area (Å²) in [4.78, 5) is 47.7. The number of nitrogens with one attached hydrogen (secondary N) is 2. The van der Waals surface area contributed by atoms with Gasteiger partial charge in [-0.25, -0.2) is 4.79 Å². The van der Waals surface area contributed by atoms with Gasteiger partial charge in [-0.1, -0.05) is 26.0 Å². The maximum absolute atomic E-state index is 12.3. The third-order valence-electron chi connectivity index (χ3n) is 5.67. The topological polar surface area (TPSA) is 120 Å². The second-order valence-corrected chi connectivity index (χ2v) is 9.15. The summed E-state index contributed by atoms with van der Waals surface area (Å²) in [5.41, 5.74) is 3.54. The summed E-state index contributed by atoms with van der Waals surface area (Å²) in [5, 5.41) is 5.28. The SMILES string of the molecule is COC(=O)c1ccc(NC(=O)COC(=O)CCC(=O)Nc2ccc(Oc3cc(C)ccc3C(C)C)cc2)cc1. The third kappa shape index (κ3) is 8.99. The van der Waals surface area contributed by atoms with E-state index in [1.54, 1.807) is 24.3 Å². The van der Waals surface area contributed by atoms with Crippen molar-refractivity contribution in [2.75, 3.05) is 24.4 Å². The zero-order valence-electron chi connectivity index (χ0n) is 22.4. The Hall–Kier alpha value is -4.66. The number of carbonyl (C=O) groups is 4. The molecule has 0 aliphatic carbocycles. The second-order valence-electron chi connectivity index (χ2n) is 9.15. The van der Waals surface area contributed by atoms with Gasteiger partial charge in [0, 0.05) is 17.8 Å². The van der Waals surface area contributed by atoms with Gasteiger partial charge in [0.25, 0.3) is 5.91 Å². The van der Waals surface area contributed by atoms with E-state index in [9.17, 15) is 19.2 Å². The van der Waals surface area contributed by atoms with Crippen molar-refractivity contribution in [1.82, 2.24) is 0 Å². The third-order valence-corrected chi connectivity index (χ3v) is 5.67. The van der Waals surface area contributed by atoms with E-state index in [-0.39, 0.29) is 18.7 Å². The van der Waals surface area contributed by atoms with Gasteiger partial charge < -0.3 is 24.8 Å². The zero-order chi connectivity index (χ0) is 28.4. The normalized spacial score (nSPS) is 10.5. The summed E-state index contributed by atoms with van der Waals surface area (Å²) < 4.78 is 15.6. The monoisotopic (exact) mass is 532 g/mol. The fourth-order valence-electron chi connectivity index (χ4n) is 3.60. The first-order valence-electron chi connectivity index (χ1n) is 12.5. The minimum absolute atomic E-state index is 0.102. The Labute approximate surface area is 227 Å². The van der Waals surface area contributed by atoms with Crippen molar-refractivity contribution in [2.45, 2.75) is 39.5 Å². The predicted molar refractivity (Wildman–Crippen MR) is 147 cm³/mol. The summed E-state index contributed by atoms with van der Waals surface area (Å²) in [7, 11) is 1.28. The van der Waals surface area contributed by atoms with E-state index < -0.39 is 24.5 Å². The Bertz CT molecular complexity index is 1320. The molecule has 9 nitrogen and oxygen atoms in total. The van der Waals surface area contributed by atoms with E-state index in [2.05, 4.69) is 41.4 Å². The Morgan fingerprint density at radius 3 is 2.03 bits per heavy atom. The number of ether oxygens (including phenoxy) is 3. The number of aryl methyl sites for hydroxylation is 1. The average Bonchev–Trinajstić information content (AvgIpc) is 2.91. The highest BCUT2D eigenvalue weighted by atomic mass is 16.5. The highest BCUT2D eigenvalue weighted by molar-refractivity contribution is 5.95. The fraction of sp³-hybridized carbons (Fsp3) is 0.267. The number of rotatable bonds is 11. The molecule has 0 heterocycles. The Morgan fingerprint density at radius 2 is 1.41 bits per heavy atom. The number of benzene rings is 3. The molecule has 0 atom stereocenters. The lowest BCUT2D eigenvalue weighted by atomic mass is 10.0.